The molecular weight excluding hydrogens is 214 g/mol. The molecule has 17 heavy (non-hydrogen) atoms. The fourth-order valence-corrected chi connectivity index (χ4v) is 2.84. The topological polar surface area (TPSA) is 44.4 Å². The van der Waals surface area contributed by atoms with Gasteiger partial charge in [0.1, 0.15) is 0 Å². The molecule has 0 radical (unpaired) electrons. The summed E-state index contributed by atoms with van der Waals surface area (Å²) in [6.07, 6.45) is 4.17. The minimum Gasteiger partial charge on any atom is -0.353 e. The highest BCUT2D eigenvalue weighted by molar-refractivity contribution is 5.79. The number of piperidine rings is 2. The normalized spacial score (nSPS) is 32.4. The number of hydrogen-bond acceptors (Lipinski definition) is 3. The van der Waals surface area contributed by atoms with Crippen molar-refractivity contribution in [3.8, 4) is 0 Å². The summed E-state index contributed by atoms with van der Waals surface area (Å²) in [7, 11) is 2.15. The standard InChI is InChI=1S/C13H25N3O/c1-10-9-11(3-6-14-10)13(17)15-12-4-7-16(2)8-5-12/h10-12,14H,3-9H2,1-2H3,(H,15,17). The third-order valence-corrected chi connectivity index (χ3v) is 4.06. The summed E-state index contributed by atoms with van der Waals surface area (Å²) in [5, 5.41) is 6.63. The number of hydrogen-bond donors (Lipinski definition) is 2. The van der Waals surface area contributed by atoms with Gasteiger partial charge in [0.2, 0.25) is 5.91 Å². The van der Waals surface area contributed by atoms with Crippen molar-refractivity contribution in [2.24, 2.45) is 5.92 Å². The lowest BCUT2D eigenvalue weighted by molar-refractivity contribution is -0.127. The van der Waals surface area contributed by atoms with Crippen molar-refractivity contribution in [3.63, 3.8) is 0 Å². The molecule has 2 unspecified atom stereocenters. The van der Waals surface area contributed by atoms with E-state index in [0.717, 1.165) is 45.3 Å². The lowest BCUT2D eigenvalue weighted by Crippen LogP contribution is -2.48. The average molecular weight is 239 g/mol. The maximum Gasteiger partial charge on any atom is 0.223 e. The second-order valence-electron chi connectivity index (χ2n) is 5.66. The van der Waals surface area contributed by atoms with Gasteiger partial charge < -0.3 is 15.5 Å². The predicted molar refractivity (Wildman–Crippen MR) is 68.9 cm³/mol. The summed E-state index contributed by atoms with van der Waals surface area (Å²) < 4.78 is 0. The van der Waals surface area contributed by atoms with Gasteiger partial charge in [0.15, 0.2) is 0 Å². The molecule has 2 saturated heterocycles. The fraction of sp³-hybridized carbons (Fsp3) is 0.923. The molecule has 0 saturated carbocycles. The monoisotopic (exact) mass is 239 g/mol. The van der Waals surface area contributed by atoms with Gasteiger partial charge in [0.25, 0.3) is 0 Å². The van der Waals surface area contributed by atoms with Gasteiger partial charge in [-0.1, -0.05) is 0 Å². The van der Waals surface area contributed by atoms with Crippen molar-refractivity contribution in [1.82, 2.24) is 15.5 Å². The maximum absolute atomic E-state index is 12.1. The molecule has 0 aliphatic carbocycles. The summed E-state index contributed by atoms with van der Waals surface area (Å²) in [6, 6.07) is 0.890. The summed E-state index contributed by atoms with van der Waals surface area (Å²) in [5.74, 6) is 0.513. The highest BCUT2D eigenvalue weighted by atomic mass is 16.1. The first-order chi connectivity index (χ1) is 8.15. The van der Waals surface area contributed by atoms with Crippen molar-refractivity contribution in [1.29, 1.82) is 0 Å². The molecule has 0 bridgehead atoms. The minimum atomic E-state index is 0.228. The van der Waals surface area contributed by atoms with Crippen LogP contribution in [0.15, 0.2) is 0 Å². The van der Waals surface area contributed by atoms with Crippen LogP contribution >= 0.6 is 0 Å². The van der Waals surface area contributed by atoms with E-state index in [0.29, 0.717) is 12.1 Å². The SMILES string of the molecule is CC1CC(C(=O)NC2CCN(C)CC2)CCN1. The third-order valence-electron chi connectivity index (χ3n) is 4.06. The first-order valence-electron chi connectivity index (χ1n) is 6.87. The summed E-state index contributed by atoms with van der Waals surface area (Å²) >= 11 is 0. The van der Waals surface area contributed by atoms with Crippen LogP contribution in [0.1, 0.15) is 32.6 Å². The number of nitrogens with zero attached hydrogens (tertiary/aromatic N) is 1. The molecule has 2 aliphatic rings. The van der Waals surface area contributed by atoms with Crippen molar-refractivity contribution in [3.05, 3.63) is 0 Å². The Labute approximate surface area is 104 Å². The molecular formula is C13H25N3O. The van der Waals surface area contributed by atoms with E-state index in [2.05, 4.69) is 29.5 Å². The smallest absolute Gasteiger partial charge is 0.223 e. The van der Waals surface area contributed by atoms with E-state index >= 15 is 0 Å². The van der Waals surface area contributed by atoms with Crippen molar-refractivity contribution < 1.29 is 4.79 Å². The van der Waals surface area contributed by atoms with Gasteiger partial charge in [-0.3, -0.25) is 4.79 Å². The highest BCUT2D eigenvalue weighted by Gasteiger charge is 2.27. The van der Waals surface area contributed by atoms with Gasteiger partial charge in [-0.2, -0.15) is 0 Å². The molecule has 4 heteroatoms. The Morgan fingerprint density at radius 2 is 2.00 bits per heavy atom. The summed E-state index contributed by atoms with van der Waals surface area (Å²) in [6.45, 7) is 5.35. The Morgan fingerprint density at radius 1 is 1.29 bits per heavy atom. The lowest BCUT2D eigenvalue weighted by Gasteiger charge is -2.32. The number of amides is 1. The fourth-order valence-electron chi connectivity index (χ4n) is 2.84. The molecule has 0 aromatic heterocycles. The molecule has 0 spiro atoms. The minimum absolute atomic E-state index is 0.228. The number of rotatable bonds is 2. The van der Waals surface area contributed by atoms with Gasteiger partial charge in [0.05, 0.1) is 0 Å². The van der Waals surface area contributed by atoms with E-state index in [4.69, 9.17) is 0 Å². The van der Waals surface area contributed by atoms with Crippen LogP contribution in [0.5, 0.6) is 0 Å². The molecule has 2 aliphatic heterocycles. The summed E-state index contributed by atoms with van der Waals surface area (Å²) in [4.78, 5) is 14.5. The van der Waals surface area contributed by atoms with Crippen LogP contribution in [0.3, 0.4) is 0 Å². The Hall–Kier alpha value is -0.610. The van der Waals surface area contributed by atoms with Gasteiger partial charge >= 0.3 is 0 Å². The molecule has 2 N–H and O–H groups in total. The zero-order valence-electron chi connectivity index (χ0n) is 11.0. The van der Waals surface area contributed by atoms with Crippen molar-refractivity contribution in [2.45, 2.75) is 44.7 Å². The van der Waals surface area contributed by atoms with E-state index in [1.807, 2.05) is 0 Å². The summed E-state index contributed by atoms with van der Waals surface area (Å²) in [5.41, 5.74) is 0. The van der Waals surface area contributed by atoms with Crippen LogP contribution in [0.2, 0.25) is 0 Å². The number of carbonyl (C=O) groups excluding carboxylic acids is 1. The molecule has 2 fully saturated rings. The van der Waals surface area contributed by atoms with Crippen LogP contribution in [-0.2, 0) is 4.79 Å². The molecule has 4 nitrogen and oxygen atoms in total. The van der Waals surface area contributed by atoms with Gasteiger partial charge in [-0.15, -0.1) is 0 Å². The van der Waals surface area contributed by atoms with E-state index < -0.39 is 0 Å². The van der Waals surface area contributed by atoms with Crippen LogP contribution in [-0.4, -0.2) is 49.6 Å². The average Bonchev–Trinajstić information content (AvgIpc) is 2.32. The molecule has 1 amide bonds. The molecule has 2 atom stereocenters. The molecule has 98 valence electrons. The Kier molecular flexibility index (Phi) is 4.40. The van der Waals surface area contributed by atoms with Crippen molar-refractivity contribution >= 4 is 5.91 Å². The molecule has 2 rings (SSSR count). The Morgan fingerprint density at radius 3 is 2.65 bits per heavy atom. The number of carbonyl (C=O) groups is 1. The van der Waals surface area contributed by atoms with E-state index in [-0.39, 0.29) is 11.8 Å². The van der Waals surface area contributed by atoms with E-state index in [1.165, 1.54) is 0 Å². The Bertz CT molecular complexity index is 261. The van der Waals surface area contributed by atoms with E-state index in [1.54, 1.807) is 0 Å². The van der Waals surface area contributed by atoms with E-state index in [9.17, 15) is 4.79 Å². The lowest BCUT2D eigenvalue weighted by atomic mass is 9.92. The zero-order chi connectivity index (χ0) is 12.3. The van der Waals surface area contributed by atoms with Gasteiger partial charge in [-0.05, 0) is 59.3 Å². The predicted octanol–water partition coefficient (Wildman–Crippen LogP) is 0.585. The zero-order valence-corrected chi connectivity index (χ0v) is 11.0. The van der Waals surface area contributed by atoms with Crippen LogP contribution in [0.25, 0.3) is 0 Å². The molecule has 0 aromatic carbocycles. The quantitative estimate of drug-likeness (QED) is 0.741. The molecule has 0 aromatic rings. The number of likely N-dealkylation sites (tertiary alicyclic amines) is 1. The van der Waals surface area contributed by atoms with Gasteiger partial charge in [-0.25, -0.2) is 0 Å². The van der Waals surface area contributed by atoms with Crippen LogP contribution < -0.4 is 10.6 Å². The van der Waals surface area contributed by atoms with Gasteiger partial charge in [0, 0.05) is 18.0 Å². The highest BCUT2D eigenvalue weighted by Crippen LogP contribution is 2.17. The Balaban J connectivity index is 1.76. The molecule has 2 heterocycles. The van der Waals surface area contributed by atoms with Crippen molar-refractivity contribution in [2.75, 3.05) is 26.7 Å². The second kappa shape index (κ2) is 5.83. The van der Waals surface area contributed by atoms with Crippen LogP contribution in [0, 0.1) is 5.92 Å². The third kappa shape index (κ3) is 3.68. The largest absolute Gasteiger partial charge is 0.353 e. The second-order valence-corrected chi connectivity index (χ2v) is 5.66. The maximum atomic E-state index is 12.1. The van der Waals surface area contributed by atoms with Crippen LogP contribution in [0.4, 0.5) is 0 Å². The first-order valence-corrected chi connectivity index (χ1v) is 6.87. The first kappa shape index (κ1) is 12.8. The number of nitrogens with one attached hydrogen (secondary N) is 2.